The van der Waals surface area contributed by atoms with Crippen LogP contribution < -0.4 is 0 Å². The molecule has 0 radical (unpaired) electrons. The summed E-state index contributed by atoms with van der Waals surface area (Å²) >= 11 is 0. The van der Waals surface area contributed by atoms with Crippen molar-refractivity contribution in [2.75, 3.05) is 0 Å². The molecule has 1 aliphatic heterocycles. The largest absolute Gasteiger partial charge is 0.269 e. The van der Waals surface area contributed by atoms with Gasteiger partial charge in [0.1, 0.15) is 0 Å². The van der Waals surface area contributed by atoms with Crippen LogP contribution >= 0.6 is 0 Å². The maximum absolute atomic E-state index is 12.7. The van der Waals surface area contributed by atoms with Crippen LogP contribution in [-0.4, -0.2) is 27.2 Å². The fourth-order valence-corrected chi connectivity index (χ4v) is 2.74. The average Bonchev–Trinajstić information content (AvgIpc) is 2.62. The SMILES string of the molecule is Cc1nc2ccccc2c2c1C(=O)N(C(C)(C)C)C2=O. The molecule has 1 aliphatic rings. The first kappa shape index (κ1) is 12.8. The highest BCUT2D eigenvalue weighted by Gasteiger charge is 2.44. The standard InChI is InChI=1S/C16H16N2O2/c1-9-12-13(10-7-5-6-8-11(10)17-9)15(20)18(14(12)19)16(2,3)4/h5-8H,1-4H3. The lowest BCUT2D eigenvalue weighted by Gasteiger charge is -2.29. The van der Waals surface area contributed by atoms with Crippen LogP contribution in [0.4, 0.5) is 0 Å². The van der Waals surface area contributed by atoms with Crippen molar-refractivity contribution in [2.24, 2.45) is 0 Å². The molecule has 0 unspecified atom stereocenters. The summed E-state index contributed by atoms with van der Waals surface area (Å²) in [6, 6.07) is 7.44. The molecule has 0 aliphatic carbocycles. The number of fused-ring (bicyclic) bond motifs is 3. The number of carbonyl (C=O) groups excluding carboxylic acids is 2. The number of rotatable bonds is 0. The highest BCUT2D eigenvalue weighted by atomic mass is 16.2. The van der Waals surface area contributed by atoms with E-state index in [9.17, 15) is 9.59 Å². The summed E-state index contributed by atoms with van der Waals surface area (Å²) in [6.45, 7) is 7.36. The minimum absolute atomic E-state index is 0.223. The van der Waals surface area contributed by atoms with Gasteiger partial charge < -0.3 is 0 Å². The smallest absolute Gasteiger partial charge is 0.263 e. The molecule has 1 aromatic carbocycles. The van der Waals surface area contributed by atoms with Gasteiger partial charge in [0.05, 0.1) is 22.3 Å². The Bertz CT molecular complexity index is 757. The lowest BCUT2D eigenvalue weighted by atomic mass is 10.0. The van der Waals surface area contributed by atoms with Gasteiger partial charge in [0.15, 0.2) is 0 Å². The Labute approximate surface area is 117 Å². The third-order valence-corrected chi connectivity index (χ3v) is 3.58. The van der Waals surface area contributed by atoms with E-state index >= 15 is 0 Å². The number of carbonyl (C=O) groups is 2. The maximum atomic E-state index is 12.7. The molecule has 2 amide bonds. The molecule has 1 aromatic heterocycles. The van der Waals surface area contributed by atoms with Crippen molar-refractivity contribution in [2.45, 2.75) is 33.2 Å². The zero-order valence-corrected chi connectivity index (χ0v) is 12.0. The van der Waals surface area contributed by atoms with Crippen LogP contribution in [0.3, 0.4) is 0 Å². The summed E-state index contributed by atoms with van der Waals surface area (Å²) < 4.78 is 0. The highest BCUT2D eigenvalue weighted by molar-refractivity contribution is 6.26. The molecule has 102 valence electrons. The molecule has 4 heteroatoms. The zero-order chi connectivity index (χ0) is 14.7. The highest BCUT2D eigenvalue weighted by Crippen LogP contribution is 2.34. The summed E-state index contributed by atoms with van der Waals surface area (Å²) in [4.78, 5) is 31.1. The van der Waals surface area contributed by atoms with Gasteiger partial charge in [-0.25, -0.2) is 0 Å². The summed E-state index contributed by atoms with van der Waals surface area (Å²) in [5, 5.41) is 0.748. The molecule has 3 rings (SSSR count). The van der Waals surface area contributed by atoms with Crippen LogP contribution in [0.5, 0.6) is 0 Å². The van der Waals surface area contributed by atoms with Crippen LogP contribution in [0.15, 0.2) is 24.3 Å². The van der Waals surface area contributed by atoms with Gasteiger partial charge in [-0.2, -0.15) is 0 Å². The number of hydrogen-bond donors (Lipinski definition) is 0. The van der Waals surface area contributed by atoms with Gasteiger partial charge in [-0.15, -0.1) is 0 Å². The van der Waals surface area contributed by atoms with E-state index in [0.717, 1.165) is 10.9 Å². The van der Waals surface area contributed by atoms with E-state index in [-0.39, 0.29) is 11.8 Å². The van der Waals surface area contributed by atoms with Crippen molar-refractivity contribution >= 4 is 22.7 Å². The molecule has 0 N–H and O–H groups in total. The lowest BCUT2D eigenvalue weighted by Crippen LogP contribution is -2.45. The lowest BCUT2D eigenvalue weighted by molar-refractivity contribution is 0.0508. The third-order valence-electron chi connectivity index (χ3n) is 3.58. The molecular formula is C16H16N2O2. The van der Waals surface area contributed by atoms with Gasteiger partial charge in [0.25, 0.3) is 11.8 Å². The van der Waals surface area contributed by atoms with Crippen molar-refractivity contribution in [1.82, 2.24) is 9.88 Å². The van der Waals surface area contributed by atoms with Crippen LogP contribution in [0.2, 0.25) is 0 Å². The molecular weight excluding hydrogens is 252 g/mol. The predicted octanol–water partition coefficient (Wildman–Crippen LogP) is 2.94. The second-order valence-corrected chi connectivity index (χ2v) is 6.08. The molecule has 0 spiro atoms. The topological polar surface area (TPSA) is 50.3 Å². The first-order chi connectivity index (χ1) is 9.32. The number of aryl methyl sites for hydroxylation is 1. The van der Waals surface area contributed by atoms with Gasteiger partial charge in [-0.1, -0.05) is 18.2 Å². The Morgan fingerprint density at radius 1 is 1.00 bits per heavy atom. The number of benzene rings is 1. The number of aromatic nitrogens is 1. The molecule has 2 aromatic rings. The van der Waals surface area contributed by atoms with Crippen molar-refractivity contribution in [1.29, 1.82) is 0 Å². The Balaban J connectivity index is 2.38. The van der Waals surface area contributed by atoms with Gasteiger partial charge in [-0.3, -0.25) is 19.5 Å². The first-order valence-corrected chi connectivity index (χ1v) is 6.60. The molecule has 0 saturated heterocycles. The van der Waals surface area contributed by atoms with Crippen molar-refractivity contribution in [3.8, 4) is 0 Å². The summed E-state index contributed by atoms with van der Waals surface area (Å²) in [5.74, 6) is -0.465. The Hall–Kier alpha value is -2.23. The molecule has 2 heterocycles. The van der Waals surface area contributed by atoms with Crippen LogP contribution in [0.25, 0.3) is 10.9 Å². The van der Waals surface area contributed by atoms with Gasteiger partial charge in [0.2, 0.25) is 0 Å². The number of nitrogens with zero attached hydrogens (tertiary/aromatic N) is 2. The van der Waals surface area contributed by atoms with E-state index in [2.05, 4.69) is 4.98 Å². The minimum Gasteiger partial charge on any atom is -0.269 e. The molecule has 0 fully saturated rings. The second kappa shape index (κ2) is 3.88. The number of para-hydroxylation sites is 1. The Morgan fingerprint density at radius 3 is 2.25 bits per heavy atom. The van der Waals surface area contributed by atoms with Crippen LogP contribution in [0, 0.1) is 6.92 Å². The number of hydrogen-bond acceptors (Lipinski definition) is 3. The van der Waals surface area contributed by atoms with Crippen molar-refractivity contribution < 1.29 is 9.59 Å². The molecule has 20 heavy (non-hydrogen) atoms. The number of pyridine rings is 1. The minimum atomic E-state index is -0.541. The van der Waals surface area contributed by atoms with Gasteiger partial charge in [0, 0.05) is 10.9 Å². The van der Waals surface area contributed by atoms with E-state index in [1.54, 1.807) is 6.92 Å². The van der Waals surface area contributed by atoms with E-state index < -0.39 is 5.54 Å². The molecule has 0 saturated carbocycles. The molecule has 0 bridgehead atoms. The van der Waals surface area contributed by atoms with Gasteiger partial charge in [-0.05, 0) is 33.8 Å². The summed E-state index contributed by atoms with van der Waals surface area (Å²) in [7, 11) is 0. The van der Waals surface area contributed by atoms with Crippen molar-refractivity contribution in [3.05, 3.63) is 41.1 Å². The Morgan fingerprint density at radius 2 is 1.60 bits per heavy atom. The van der Waals surface area contributed by atoms with E-state index in [4.69, 9.17) is 0 Å². The average molecular weight is 268 g/mol. The quantitative estimate of drug-likeness (QED) is 0.690. The summed E-state index contributed by atoms with van der Waals surface area (Å²) in [6.07, 6.45) is 0. The van der Waals surface area contributed by atoms with Gasteiger partial charge >= 0.3 is 0 Å². The Kier molecular flexibility index (Phi) is 2.48. The normalized spacial score (nSPS) is 15.1. The molecule has 4 nitrogen and oxygen atoms in total. The van der Waals surface area contributed by atoms with E-state index in [0.29, 0.717) is 16.8 Å². The zero-order valence-electron chi connectivity index (χ0n) is 12.0. The number of imide groups is 1. The number of amides is 2. The van der Waals surface area contributed by atoms with E-state index in [1.807, 2.05) is 45.0 Å². The van der Waals surface area contributed by atoms with Crippen LogP contribution in [0.1, 0.15) is 47.2 Å². The summed E-state index contributed by atoms with van der Waals surface area (Å²) in [5.41, 5.74) is 1.77. The van der Waals surface area contributed by atoms with Crippen molar-refractivity contribution in [3.63, 3.8) is 0 Å². The fraction of sp³-hybridized carbons (Fsp3) is 0.312. The third kappa shape index (κ3) is 1.57. The maximum Gasteiger partial charge on any atom is 0.263 e. The monoisotopic (exact) mass is 268 g/mol. The second-order valence-electron chi connectivity index (χ2n) is 6.08. The molecule has 0 atom stereocenters. The first-order valence-electron chi connectivity index (χ1n) is 6.60. The predicted molar refractivity (Wildman–Crippen MR) is 76.7 cm³/mol. The van der Waals surface area contributed by atoms with Crippen LogP contribution in [-0.2, 0) is 0 Å². The van der Waals surface area contributed by atoms with E-state index in [1.165, 1.54) is 4.90 Å². The fourth-order valence-electron chi connectivity index (χ4n) is 2.74.